The van der Waals surface area contributed by atoms with Crippen molar-refractivity contribution in [1.29, 1.82) is 0 Å². The van der Waals surface area contributed by atoms with Crippen LogP contribution in [0.25, 0.3) is 0 Å². The summed E-state index contributed by atoms with van der Waals surface area (Å²) in [5.74, 6) is 5.25. The van der Waals surface area contributed by atoms with E-state index in [-0.39, 0.29) is 17.4 Å². The molecule has 0 saturated carbocycles. The Morgan fingerprint density at radius 3 is 2.85 bits per heavy atom. The molecule has 1 amide bonds. The molecule has 0 bridgehead atoms. The van der Waals surface area contributed by atoms with Crippen LogP contribution in [-0.2, 0) is 16.4 Å². The fourth-order valence-corrected chi connectivity index (χ4v) is 3.61. The summed E-state index contributed by atoms with van der Waals surface area (Å²) in [6, 6.07) is 7.20. The predicted octanol–water partition coefficient (Wildman–Crippen LogP) is -0.0894. The Bertz CT molecular complexity index is 586. The number of sulfone groups is 1. The molecule has 0 unspecified atom stereocenters. The second-order valence-electron chi connectivity index (χ2n) is 4.96. The molecule has 1 saturated heterocycles. The lowest BCUT2D eigenvalue weighted by molar-refractivity contribution is 0.0953. The fourth-order valence-electron chi connectivity index (χ4n) is 2.30. The third kappa shape index (κ3) is 4.03. The van der Waals surface area contributed by atoms with Crippen molar-refractivity contribution in [3.05, 3.63) is 35.4 Å². The molecule has 0 aliphatic carbocycles. The van der Waals surface area contributed by atoms with E-state index in [2.05, 4.69) is 10.3 Å². The maximum absolute atomic E-state index is 11.6. The molecular weight excluding hydrogens is 278 g/mol. The number of carbonyl (C=O) groups is 1. The molecule has 110 valence electrons. The average molecular weight is 297 g/mol. The molecule has 0 aromatic heterocycles. The lowest BCUT2D eigenvalue weighted by atomic mass is 10.1. The molecular formula is C13H19N3O3S. The van der Waals surface area contributed by atoms with Crippen LogP contribution in [-0.4, -0.2) is 43.8 Å². The molecule has 0 spiro atoms. The van der Waals surface area contributed by atoms with Gasteiger partial charge >= 0.3 is 0 Å². The van der Waals surface area contributed by atoms with E-state index in [0.717, 1.165) is 12.1 Å². The number of nitrogens with one attached hydrogen (secondary N) is 1. The molecule has 20 heavy (non-hydrogen) atoms. The minimum absolute atomic E-state index is 0.204. The van der Waals surface area contributed by atoms with E-state index < -0.39 is 9.84 Å². The van der Waals surface area contributed by atoms with Gasteiger partial charge in [0.25, 0.3) is 5.91 Å². The summed E-state index contributed by atoms with van der Waals surface area (Å²) in [7, 11) is -2.89. The monoisotopic (exact) mass is 297 g/mol. The number of amides is 1. The van der Waals surface area contributed by atoms with Crippen molar-refractivity contribution in [3.8, 4) is 0 Å². The molecule has 1 heterocycles. The van der Waals surface area contributed by atoms with Crippen molar-refractivity contribution in [2.45, 2.75) is 13.0 Å². The number of hydrazine groups is 1. The first-order valence-corrected chi connectivity index (χ1v) is 8.35. The minimum atomic E-state index is -2.89. The Labute approximate surface area is 118 Å². The number of nitrogens with two attached hydrogens (primary N) is 1. The number of hydrogen-bond acceptors (Lipinski definition) is 5. The summed E-state index contributed by atoms with van der Waals surface area (Å²) in [5, 5.41) is 0. The Kier molecular flexibility index (Phi) is 4.74. The Balaban J connectivity index is 2.04. The van der Waals surface area contributed by atoms with Crippen molar-refractivity contribution in [2.24, 2.45) is 5.84 Å². The Morgan fingerprint density at radius 2 is 2.10 bits per heavy atom. The van der Waals surface area contributed by atoms with Gasteiger partial charge in [0.05, 0.1) is 11.5 Å². The van der Waals surface area contributed by atoms with Crippen LogP contribution in [0.2, 0.25) is 0 Å². The quantitative estimate of drug-likeness (QED) is 0.462. The van der Waals surface area contributed by atoms with Crippen LogP contribution in [0, 0.1) is 0 Å². The van der Waals surface area contributed by atoms with E-state index in [1.807, 2.05) is 6.07 Å². The number of carbonyl (C=O) groups excluding carboxylic acids is 1. The highest BCUT2D eigenvalue weighted by Crippen LogP contribution is 2.12. The molecule has 7 heteroatoms. The van der Waals surface area contributed by atoms with E-state index in [1.165, 1.54) is 0 Å². The summed E-state index contributed by atoms with van der Waals surface area (Å²) < 4.78 is 23.1. The zero-order valence-corrected chi connectivity index (χ0v) is 12.0. The van der Waals surface area contributed by atoms with Gasteiger partial charge < -0.3 is 0 Å². The van der Waals surface area contributed by atoms with Gasteiger partial charge in [-0.15, -0.1) is 0 Å². The highest BCUT2D eigenvalue weighted by molar-refractivity contribution is 7.91. The van der Waals surface area contributed by atoms with E-state index in [9.17, 15) is 13.2 Å². The third-order valence-corrected chi connectivity index (χ3v) is 5.09. The summed E-state index contributed by atoms with van der Waals surface area (Å²) in [6.45, 7) is 1.93. The lowest BCUT2D eigenvalue weighted by Gasteiger charge is -2.19. The molecule has 1 aromatic carbocycles. The zero-order valence-electron chi connectivity index (χ0n) is 11.2. The van der Waals surface area contributed by atoms with Crippen molar-refractivity contribution >= 4 is 15.7 Å². The fraction of sp³-hybridized carbons (Fsp3) is 0.462. The second-order valence-corrected chi connectivity index (χ2v) is 7.26. The molecule has 0 atom stereocenters. The molecule has 3 N–H and O–H groups in total. The molecule has 1 fully saturated rings. The van der Waals surface area contributed by atoms with Gasteiger partial charge in [-0.2, -0.15) is 0 Å². The van der Waals surface area contributed by atoms with E-state index in [1.54, 1.807) is 18.2 Å². The van der Waals surface area contributed by atoms with E-state index in [0.29, 0.717) is 25.1 Å². The van der Waals surface area contributed by atoms with Crippen molar-refractivity contribution in [1.82, 2.24) is 10.3 Å². The van der Waals surface area contributed by atoms with Crippen LogP contribution >= 0.6 is 0 Å². The van der Waals surface area contributed by atoms with Crippen LogP contribution < -0.4 is 11.3 Å². The molecule has 1 aromatic rings. The maximum atomic E-state index is 11.6. The number of nitrogen functional groups attached to an aromatic ring is 1. The normalized spacial score (nSPS) is 19.2. The van der Waals surface area contributed by atoms with Gasteiger partial charge in [-0.05, 0) is 30.7 Å². The number of hydrogen-bond donors (Lipinski definition) is 2. The molecule has 6 nitrogen and oxygen atoms in total. The molecule has 1 aliphatic heterocycles. The Morgan fingerprint density at radius 1 is 1.30 bits per heavy atom. The van der Waals surface area contributed by atoms with Gasteiger partial charge in [0.1, 0.15) is 0 Å². The third-order valence-electron chi connectivity index (χ3n) is 3.37. The highest BCUT2D eigenvalue weighted by atomic mass is 32.2. The summed E-state index contributed by atoms with van der Waals surface area (Å²) in [6.07, 6.45) is 0.658. The van der Waals surface area contributed by atoms with Crippen LogP contribution in [0.5, 0.6) is 0 Å². The van der Waals surface area contributed by atoms with Gasteiger partial charge in [-0.3, -0.25) is 15.1 Å². The minimum Gasteiger partial charge on any atom is -0.298 e. The summed E-state index contributed by atoms with van der Waals surface area (Å²) in [5.41, 5.74) is 3.59. The van der Waals surface area contributed by atoms with Gasteiger partial charge in [-0.1, -0.05) is 12.1 Å². The standard InChI is InChI=1S/C13H19N3O3S/c14-15-13(17)12-4-1-3-11(9-12)10-16-5-2-7-20(18,19)8-6-16/h1,3-4,9H,2,5-8,10,14H2,(H,15,17). The molecule has 0 radical (unpaired) electrons. The highest BCUT2D eigenvalue weighted by Gasteiger charge is 2.19. The summed E-state index contributed by atoms with van der Waals surface area (Å²) >= 11 is 0. The molecule has 1 aliphatic rings. The topological polar surface area (TPSA) is 92.5 Å². The predicted molar refractivity (Wildman–Crippen MR) is 76.6 cm³/mol. The van der Waals surface area contributed by atoms with Crippen LogP contribution in [0.15, 0.2) is 24.3 Å². The van der Waals surface area contributed by atoms with E-state index >= 15 is 0 Å². The number of rotatable bonds is 3. The largest absolute Gasteiger partial charge is 0.298 e. The average Bonchev–Trinajstić information content (AvgIpc) is 2.60. The van der Waals surface area contributed by atoms with Gasteiger partial charge in [0.15, 0.2) is 9.84 Å². The van der Waals surface area contributed by atoms with Crippen molar-refractivity contribution < 1.29 is 13.2 Å². The maximum Gasteiger partial charge on any atom is 0.265 e. The van der Waals surface area contributed by atoms with Crippen LogP contribution in [0.4, 0.5) is 0 Å². The lowest BCUT2D eigenvalue weighted by Crippen LogP contribution is -2.30. The first-order valence-electron chi connectivity index (χ1n) is 6.53. The Hall–Kier alpha value is -1.44. The smallest absolute Gasteiger partial charge is 0.265 e. The van der Waals surface area contributed by atoms with Crippen molar-refractivity contribution in [2.75, 3.05) is 24.6 Å². The SMILES string of the molecule is NNC(=O)c1cccc(CN2CCCS(=O)(=O)CC2)c1. The number of benzene rings is 1. The van der Waals surface area contributed by atoms with E-state index in [4.69, 9.17) is 5.84 Å². The second kappa shape index (κ2) is 6.34. The van der Waals surface area contributed by atoms with Crippen molar-refractivity contribution in [3.63, 3.8) is 0 Å². The first-order chi connectivity index (χ1) is 9.50. The number of nitrogens with zero attached hydrogens (tertiary/aromatic N) is 1. The zero-order chi connectivity index (χ0) is 14.6. The summed E-state index contributed by atoms with van der Waals surface area (Å²) in [4.78, 5) is 13.6. The van der Waals surface area contributed by atoms with Gasteiger partial charge in [0.2, 0.25) is 0 Å². The van der Waals surface area contributed by atoms with Crippen LogP contribution in [0.1, 0.15) is 22.3 Å². The van der Waals surface area contributed by atoms with Gasteiger partial charge in [-0.25, -0.2) is 14.3 Å². The van der Waals surface area contributed by atoms with Gasteiger partial charge in [0, 0.05) is 18.7 Å². The first kappa shape index (κ1) is 15.0. The van der Waals surface area contributed by atoms with Crippen LogP contribution in [0.3, 0.4) is 0 Å². The molecule has 2 rings (SSSR count).